The minimum Gasteiger partial charge on any atom is -0.318 e. The number of thioether (sulfide) groups is 1. The van der Waals surface area contributed by atoms with Crippen LogP contribution in [0.15, 0.2) is 41.6 Å². The quantitative estimate of drug-likeness (QED) is 0.381. The van der Waals surface area contributed by atoms with E-state index in [4.69, 9.17) is 17.4 Å². The topological polar surface area (TPSA) is 94.1 Å². The Balaban J connectivity index is 2.11. The molecule has 2 aromatic rings. The fourth-order valence-corrected chi connectivity index (χ4v) is 2.44. The first-order valence-electron chi connectivity index (χ1n) is 5.58. The Bertz CT molecular complexity index is 621. The van der Waals surface area contributed by atoms with Crippen molar-refractivity contribution in [1.29, 1.82) is 0 Å². The predicted molar refractivity (Wildman–Crippen MR) is 79.7 cm³/mol. The largest absolute Gasteiger partial charge is 0.318 e. The van der Waals surface area contributed by atoms with Crippen LogP contribution in [0.2, 0.25) is 5.02 Å². The molecular formula is C12H11ClN4O2S. The van der Waals surface area contributed by atoms with Crippen LogP contribution in [0.3, 0.4) is 0 Å². The Labute approximate surface area is 124 Å². The number of hydrazine groups is 1. The van der Waals surface area contributed by atoms with E-state index >= 15 is 0 Å². The maximum Gasteiger partial charge on any atom is 0.293 e. The van der Waals surface area contributed by atoms with Crippen LogP contribution in [0.1, 0.15) is 5.56 Å². The van der Waals surface area contributed by atoms with E-state index in [2.05, 4.69) is 10.4 Å². The van der Waals surface area contributed by atoms with Gasteiger partial charge in [-0.05, 0) is 23.8 Å². The molecule has 6 nitrogen and oxygen atoms in total. The van der Waals surface area contributed by atoms with E-state index in [9.17, 15) is 10.1 Å². The summed E-state index contributed by atoms with van der Waals surface area (Å²) in [5, 5.41) is 12.3. The van der Waals surface area contributed by atoms with Crippen LogP contribution >= 0.6 is 23.4 Å². The number of nitro groups is 1. The fraction of sp³-hybridized carbons (Fsp3) is 0.0833. The Kier molecular flexibility index (Phi) is 4.78. The molecular weight excluding hydrogens is 300 g/mol. The molecule has 3 N–H and O–H groups in total. The third-order valence-electron chi connectivity index (χ3n) is 2.50. The summed E-state index contributed by atoms with van der Waals surface area (Å²) >= 11 is 7.22. The lowest BCUT2D eigenvalue weighted by Crippen LogP contribution is -2.09. The highest BCUT2D eigenvalue weighted by atomic mass is 35.5. The summed E-state index contributed by atoms with van der Waals surface area (Å²) in [5.41, 5.74) is 3.36. The van der Waals surface area contributed by atoms with Crippen molar-refractivity contribution >= 4 is 34.7 Å². The third kappa shape index (κ3) is 3.60. The summed E-state index contributed by atoms with van der Waals surface area (Å²) < 4.78 is 0. The highest BCUT2D eigenvalue weighted by molar-refractivity contribution is 7.98. The van der Waals surface area contributed by atoms with Crippen molar-refractivity contribution in [3.05, 3.63) is 57.2 Å². The van der Waals surface area contributed by atoms with Crippen molar-refractivity contribution in [3.63, 3.8) is 0 Å². The highest BCUT2D eigenvalue weighted by Crippen LogP contribution is 2.28. The van der Waals surface area contributed by atoms with E-state index in [1.807, 2.05) is 0 Å². The van der Waals surface area contributed by atoms with Gasteiger partial charge in [0.05, 0.1) is 15.0 Å². The number of anilines is 1. The van der Waals surface area contributed by atoms with Crippen molar-refractivity contribution in [1.82, 2.24) is 4.98 Å². The van der Waals surface area contributed by atoms with Gasteiger partial charge >= 0.3 is 0 Å². The van der Waals surface area contributed by atoms with E-state index in [0.717, 1.165) is 10.6 Å². The van der Waals surface area contributed by atoms with Crippen LogP contribution < -0.4 is 11.3 Å². The fourth-order valence-electron chi connectivity index (χ4n) is 1.55. The van der Waals surface area contributed by atoms with Gasteiger partial charge in [-0.15, -0.1) is 11.8 Å². The van der Waals surface area contributed by atoms with Crippen LogP contribution in [-0.4, -0.2) is 9.91 Å². The van der Waals surface area contributed by atoms with Crippen LogP contribution in [0.4, 0.5) is 11.4 Å². The maximum atomic E-state index is 10.9. The van der Waals surface area contributed by atoms with Crippen LogP contribution in [0, 0.1) is 10.1 Å². The second-order valence-electron chi connectivity index (χ2n) is 3.86. The molecule has 1 heterocycles. The first-order valence-corrected chi connectivity index (χ1v) is 6.95. The van der Waals surface area contributed by atoms with Crippen molar-refractivity contribution in [2.24, 2.45) is 5.84 Å². The first-order chi connectivity index (χ1) is 9.60. The smallest absolute Gasteiger partial charge is 0.293 e. The van der Waals surface area contributed by atoms with Crippen molar-refractivity contribution in [3.8, 4) is 0 Å². The summed E-state index contributed by atoms with van der Waals surface area (Å²) in [4.78, 5) is 14.6. The lowest BCUT2D eigenvalue weighted by atomic mass is 10.2. The predicted octanol–water partition coefficient (Wildman–Crippen LogP) is 3.22. The van der Waals surface area contributed by atoms with Gasteiger partial charge in [-0.2, -0.15) is 0 Å². The van der Waals surface area contributed by atoms with Crippen LogP contribution in [0.25, 0.3) is 0 Å². The van der Waals surface area contributed by atoms with E-state index in [-0.39, 0.29) is 11.4 Å². The molecule has 0 aliphatic carbocycles. The number of rotatable bonds is 5. The van der Waals surface area contributed by atoms with Gasteiger partial charge in [0.1, 0.15) is 5.69 Å². The van der Waals surface area contributed by atoms with Gasteiger partial charge in [-0.3, -0.25) is 16.0 Å². The molecule has 0 fully saturated rings. The zero-order valence-corrected chi connectivity index (χ0v) is 11.8. The third-order valence-corrected chi connectivity index (χ3v) is 3.74. The Hall–Kier alpha value is -1.83. The molecule has 0 saturated heterocycles. The number of nitrogens with zero attached hydrogens (tertiary/aromatic N) is 2. The molecule has 20 heavy (non-hydrogen) atoms. The lowest BCUT2D eigenvalue weighted by Gasteiger charge is -2.05. The van der Waals surface area contributed by atoms with Crippen LogP contribution in [0.5, 0.6) is 0 Å². The molecule has 0 amide bonds. The molecule has 0 aliphatic rings. The van der Waals surface area contributed by atoms with Gasteiger partial charge in [-0.1, -0.05) is 17.7 Å². The molecule has 0 bridgehead atoms. The lowest BCUT2D eigenvalue weighted by molar-refractivity contribution is -0.384. The van der Waals surface area contributed by atoms with Gasteiger partial charge in [-0.25, -0.2) is 4.98 Å². The zero-order valence-electron chi connectivity index (χ0n) is 10.2. The first kappa shape index (κ1) is 14.6. The van der Waals surface area contributed by atoms with Gasteiger partial charge in [0, 0.05) is 18.0 Å². The van der Waals surface area contributed by atoms with Crippen molar-refractivity contribution in [2.75, 3.05) is 5.43 Å². The summed E-state index contributed by atoms with van der Waals surface area (Å²) in [6, 6.07) is 8.42. The standard InChI is InChI=1S/C12H11ClN4O2S/c13-9-2-4-12(15-6-9)20-7-8-1-3-10(16-14)11(5-8)17(18)19/h1-6,16H,7,14H2. The summed E-state index contributed by atoms with van der Waals surface area (Å²) in [6.07, 6.45) is 1.56. The van der Waals surface area contributed by atoms with Gasteiger partial charge in [0.25, 0.3) is 5.69 Å². The molecule has 1 aromatic carbocycles. The molecule has 0 aliphatic heterocycles. The molecule has 0 saturated carbocycles. The second kappa shape index (κ2) is 6.56. The normalized spacial score (nSPS) is 10.3. The molecule has 0 unspecified atom stereocenters. The summed E-state index contributed by atoms with van der Waals surface area (Å²) in [7, 11) is 0. The second-order valence-corrected chi connectivity index (χ2v) is 5.29. The zero-order chi connectivity index (χ0) is 14.5. The Morgan fingerprint density at radius 2 is 2.20 bits per heavy atom. The molecule has 0 spiro atoms. The number of aromatic nitrogens is 1. The van der Waals surface area contributed by atoms with E-state index in [1.165, 1.54) is 17.8 Å². The minimum absolute atomic E-state index is 0.0466. The average Bonchev–Trinajstić information content (AvgIpc) is 2.46. The summed E-state index contributed by atoms with van der Waals surface area (Å²) in [6.45, 7) is 0. The van der Waals surface area contributed by atoms with E-state index in [1.54, 1.807) is 30.5 Å². The molecule has 0 radical (unpaired) electrons. The minimum atomic E-state index is -0.468. The van der Waals surface area contributed by atoms with Crippen LogP contribution in [-0.2, 0) is 5.75 Å². The monoisotopic (exact) mass is 310 g/mol. The molecule has 2 rings (SSSR count). The number of hydrogen-bond donors (Lipinski definition) is 2. The number of nitrogens with two attached hydrogens (primary N) is 1. The maximum absolute atomic E-state index is 10.9. The van der Waals surface area contributed by atoms with Gasteiger partial charge in [0.15, 0.2) is 0 Å². The van der Waals surface area contributed by atoms with E-state index in [0.29, 0.717) is 10.8 Å². The van der Waals surface area contributed by atoms with Gasteiger partial charge < -0.3 is 5.43 Å². The number of nitro benzene ring substituents is 1. The average molecular weight is 311 g/mol. The van der Waals surface area contributed by atoms with Gasteiger partial charge in [0.2, 0.25) is 0 Å². The molecule has 0 atom stereocenters. The number of benzene rings is 1. The molecule has 104 valence electrons. The van der Waals surface area contributed by atoms with E-state index < -0.39 is 4.92 Å². The SMILES string of the molecule is NNc1ccc(CSc2ccc(Cl)cn2)cc1[N+](=O)[O-]. The van der Waals surface area contributed by atoms with Crippen molar-refractivity contribution < 1.29 is 4.92 Å². The molecule has 8 heteroatoms. The highest BCUT2D eigenvalue weighted by Gasteiger charge is 2.13. The number of nitrogens with one attached hydrogen (secondary N) is 1. The molecule has 1 aromatic heterocycles. The Morgan fingerprint density at radius 3 is 2.80 bits per heavy atom. The van der Waals surface area contributed by atoms with Crippen molar-refractivity contribution in [2.45, 2.75) is 10.8 Å². The number of halogens is 1. The summed E-state index contributed by atoms with van der Waals surface area (Å²) in [5.74, 6) is 5.81. The Morgan fingerprint density at radius 1 is 1.40 bits per heavy atom. The number of nitrogen functional groups attached to an aromatic ring is 1. The number of hydrogen-bond acceptors (Lipinski definition) is 6. The number of pyridine rings is 1.